The van der Waals surface area contributed by atoms with Gasteiger partial charge >= 0.3 is 0 Å². The van der Waals surface area contributed by atoms with Gasteiger partial charge in [-0.3, -0.25) is 0 Å². The van der Waals surface area contributed by atoms with E-state index in [0.29, 0.717) is 24.4 Å². The summed E-state index contributed by atoms with van der Waals surface area (Å²) in [4.78, 5) is 15.0. The fourth-order valence-electron chi connectivity index (χ4n) is 1.71. The minimum atomic E-state index is 0.568. The number of aromatic nitrogens is 3. The maximum atomic E-state index is 5.30. The summed E-state index contributed by atoms with van der Waals surface area (Å²) in [6, 6.07) is 3.84. The van der Waals surface area contributed by atoms with Crippen molar-refractivity contribution >= 4 is 17.8 Å². The maximum Gasteiger partial charge on any atom is 0.231 e. The summed E-state index contributed by atoms with van der Waals surface area (Å²) in [5.74, 6) is 2.73. The number of hydrogen-bond donors (Lipinski definition) is 2. The van der Waals surface area contributed by atoms with E-state index in [4.69, 9.17) is 4.42 Å². The molecule has 0 radical (unpaired) electrons. The van der Waals surface area contributed by atoms with Gasteiger partial charge in [0.25, 0.3) is 0 Å². The molecule has 2 N–H and O–H groups in total. The van der Waals surface area contributed by atoms with Gasteiger partial charge < -0.3 is 20.0 Å². The summed E-state index contributed by atoms with van der Waals surface area (Å²) in [5, 5.41) is 6.39. The molecule has 2 heterocycles. The van der Waals surface area contributed by atoms with E-state index in [9.17, 15) is 0 Å². The monoisotopic (exact) mass is 290 g/mol. The summed E-state index contributed by atoms with van der Waals surface area (Å²) in [6.45, 7) is 3.64. The first-order chi connectivity index (χ1) is 10.2. The first kappa shape index (κ1) is 15.1. The van der Waals surface area contributed by atoms with Crippen LogP contribution >= 0.6 is 0 Å². The summed E-state index contributed by atoms with van der Waals surface area (Å²) in [5.41, 5.74) is 0. The molecule has 2 aromatic heterocycles. The van der Waals surface area contributed by atoms with Gasteiger partial charge in [0, 0.05) is 33.6 Å². The predicted molar refractivity (Wildman–Crippen MR) is 83.8 cm³/mol. The highest BCUT2D eigenvalue weighted by Gasteiger charge is 2.07. The van der Waals surface area contributed by atoms with Crippen molar-refractivity contribution < 1.29 is 4.42 Å². The van der Waals surface area contributed by atoms with E-state index < -0.39 is 0 Å². The van der Waals surface area contributed by atoms with Crippen molar-refractivity contribution in [1.82, 2.24) is 15.0 Å². The molecule has 0 aliphatic heterocycles. The third kappa shape index (κ3) is 4.62. The van der Waals surface area contributed by atoms with Crippen LogP contribution in [-0.4, -0.2) is 42.1 Å². The quantitative estimate of drug-likeness (QED) is 0.769. The van der Waals surface area contributed by atoms with Gasteiger partial charge in [-0.15, -0.1) is 0 Å². The largest absolute Gasteiger partial charge is 0.469 e. The Hall–Kier alpha value is -2.31. The summed E-state index contributed by atoms with van der Waals surface area (Å²) in [6.07, 6.45) is 3.48. The van der Waals surface area contributed by atoms with Crippen molar-refractivity contribution in [3.8, 4) is 0 Å². The van der Waals surface area contributed by atoms with E-state index in [1.807, 2.05) is 31.1 Å². The Kier molecular flexibility index (Phi) is 5.36. The second kappa shape index (κ2) is 7.47. The molecule has 0 bridgehead atoms. The van der Waals surface area contributed by atoms with Crippen molar-refractivity contribution in [2.75, 3.05) is 42.7 Å². The molecule has 21 heavy (non-hydrogen) atoms. The lowest BCUT2D eigenvalue weighted by Crippen LogP contribution is -2.18. The number of furan rings is 1. The number of nitrogens with zero attached hydrogens (tertiary/aromatic N) is 4. The van der Waals surface area contributed by atoms with Gasteiger partial charge in [-0.1, -0.05) is 6.92 Å². The molecule has 0 saturated carbocycles. The van der Waals surface area contributed by atoms with Gasteiger partial charge in [-0.05, 0) is 18.6 Å². The molecule has 0 aliphatic carbocycles. The molecule has 0 fully saturated rings. The van der Waals surface area contributed by atoms with Gasteiger partial charge in [-0.25, -0.2) is 0 Å². The zero-order valence-electron chi connectivity index (χ0n) is 12.8. The molecule has 2 rings (SSSR count). The second-order valence-corrected chi connectivity index (χ2v) is 4.86. The highest BCUT2D eigenvalue weighted by atomic mass is 16.3. The zero-order chi connectivity index (χ0) is 15.1. The Morgan fingerprint density at radius 2 is 1.81 bits per heavy atom. The minimum Gasteiger partial charge on any atom is -0.469 e. The molecule has 0 saturated heterocycles. The molecule has 7 nitrogen and oxygen atoms in total. The predicted octanol–water partition coefficient (Wildman–Crippen LogP) is 2.01. The van der Waals surface area contributed by atoms with Crippen LogP contribution in [0.15, 0.2) is 22.8 Å². The third-order valence-corrected chi connectivity index (χ3v) is 2.79. The molecule has 0 aromatic carbocycles. The molecular weight excluding hydrogens is 268 g/mol. The number of nitrogens with one attached hydrogen (secondary N) is 2. The van der Waals surface area contributed by atoms with Crippen LogP contribution in [0.4, 0.5) is 17.8 Å². The highest BCUT2D eigenvalue weighted by Crippen LogP contribution is 2.11. The van der Waals surface area contributed by atoms with Crippen molar-refractivity contribution in [3.05, 3.63) is 24.2 Å². The molecule has 0 unspecified atom stereocenters. The fraction of sp³-hybridized carbons (Fsp3) is 0.500. The Morgan fingerprint density at radius 1 is 1.10 bits per heavy atom. The maximum absolute atomic E-state index is 5.30. The highest BCUT2D eigenvalue weighted by molar-refractivity contribution is 5.42. The molecule has 0 aliphatic rings. The standard InChI is InChI=1S/C14H22N6O/c1-4-8-15-12-17-13(19-14(18-12)20(2)3)16-9-7-11-6-5-10-21-11/h5-6,10H,4,7-9H2,1-3H3,(H2,15,16,17,18,19). The first-order valence-corrected chi connectivity index (χ1v) is 7.12. The summed E-state index contributed by atoms with van der Waals surface area (Å²) >= 11 is 0. The summed E-state index contributed by atoms with van der Waals surface area (Å²) in [7, 11) is 3.82. The molecule has 0 amide bonds. The van der Waals surface area contributed by atoms with Crippen LogP contribution in [0.25, 0.3) is 0 Å². The van der Waals surface area contributed by atoms with Gasteiger partial charge in [0.2, 0.25) is 17.8 Å². The van der Waals surface area contributed by atoms with Crippen molar-refractivity contribution in [2.45, 2.75) is 19.8 Å². The zero-order valence-corrected chi connectivity index (χ0v) is 12.8. The lowest BCUT2D eigenvalue weighted by molar-refractivity contribution is 0.512. The van der Waals surface area contributed by atoms with Gasteiger partial charge in [-0.2, -0.15) is 15.0 Å². The summed E-state index contributed by atoms with van der Waals surface area (Å²) < 4.78 is 5.30. The van der Waals surface area contributed by atoms with Crippen LogP contribution in [0.5, 0.6) is 0 Å². The topological polar surface area (TPSA) is 79.1 Å². The van der Waals surface area contributed by atoms with Crippen LogP contribution in [0, 0.1) is 0 Å². The molecule has 0 spiro atoms. The lowest BCUT2D eigenvalue weighted by atomic mass is 10.3. The van der Waals surface area contributed by atoms with Crippen LogP contribution in [0.3, 0.4) is 0 Å². The number of anilines is 3. The van der Waals surface area contributed by atoms with Crippen molar-refractivity contribution in [1.29, 1.82) is 0 Å². The Morgan fingerprint density at radius 3 is 2.38 bits per heavy atom. The number of rotatable bonds is 8. The van der Waals surface area contributed by atoms with E-state index in [0.717, 1.165) is 25.1 Å². The average molecular weight is 290 g/mol. The van der Waals surface area contributed by atoms with Crippen molar-refractivity contribution in [2.24, 2.45) is 0 Å². The second-order valence-electron chi connectivity index (χ2n) is 4.86. The molecule has 2 aromatic rings. The Labute approximate surface area is 124 Å². The fourth-order valence-corrected chi connectivity index (χ4v) is 1.71. The van der Waals surface area contributed by atoms with Crippen LogP contribution in [-0.2, 0) is 6.42 Å². The van der Waals surface area contributed by atoms with E-state index in [-0.39, 0.29) is 0 Å². The SMILES string of the molecule is CCCNc1nc(NCCc2ccco2)nc(N(C)C)n1. The molecule has 114 valence electrons. The Bertz CT molecular complexity index is 540. The van der Waals surface area contributed by atoms with Crippen LogP contribution < -0.4 is 15.5 Å². The van der Waals surface area contributed by atoms with Crippen molar-refractivity contribution in [3.63, 3.8) is 0 Å². The normalized spacial score (nSPS) is 10.4. The molecule has 0 atom stereocenters. The smallest absolute Gasteiger partial charge is 0.231 e. The van der Waals surface area contributed by atoms with Crippen LogP contribution in [0.1, 0.15) is 19.1 Å². The van der Waals surface area contributed by atoms with Gasteiger partial charge in [0.1, 0.15) is 5.76 Å². The van der Waals surface area contributed by atoms with E-state index in [1.54, 1.807) is 6.26 Å². The number of hydrogen-bond acceptors (Lipinski definition) is 7. The van der Waals surface area contributed by atoms with E-state index in [1.165, 1.54) is 0 Å². The lowest BCUT2D eigenvalue weighted by Gasteiger charge is -2.13. The van der Waals surface area contributed by atoms with Crippen LogP contribution in [0.2, 0.25) is 0 Å². The first-order valence-electron chi connectivity index (χ1n) is 7.12. The van der Waals surface area contributed by atoms with Gasteiger partial charge in [0.15, 0.2) is 0 Å². The van der Waals surface area contributed by atoms with E-state index >= 15 is 0 Å². The Balaban J connectivity index is 2.00. The van der Waals surface area contributed by atoms with E-state index in [2.05, 4.69) is 32.5 Å². The molecular formula is C14H22N6O. The van der Waals surface area contributed by atoms with Gasteiger partial charge in [0.05, 0.1) is 6.26 Å². The molecule has 7 heteroatoms. The third-order valence-electron chi connectivity index (χ3n) is 2.79. The minimum absolute atomic E-state index is 0.568. The average Bonchev–Trinajstić information content (AvgIpc) is 2.98.